The monoisotopic (exact) mass is 367 g/mol. The molecular formula is C17H22ClN3O2S. The molecule has 1 aromatic carbocycles. The smallest absolute Gasteiger partial charge is 0.249 e. The number of aromatic nitrogens is 2. The molecule has 5 nitrogen and oxygen atoms in total. The van der Waals surface area contributed by atoms with E-state index < -0.39 is 0 Å². The number of carbonyl (C=O) groups excluding carboxylic acids is 1. The van der Waals surface area contributed by atoms with E-state index in [1.54, 1.807) is 22.7 Å². The van der Waals surface area contributed by atoms with Crippen molar-refractivity contribution in [3.8, 4) is 11.5 Å². The van der Waals surface area contributed by atoms with Crippen molar-refractivity contribution in [2.75, 3.05) is 11.5 Å². The summed E-state index contributed by atoms with van der Waals surface area (Å²) >= 11 is 7.80. The molecule has 2 aromatic rings. The molecule has 0 saturated carbocycles. The summed E-state index contributed by atoms with van der Waals surface area (Å²) in [5.41, 5.74) is 0.693. The number of hydrogen-bond acceptors (Lipinski definition) is 5. The number of benzene rings is 1. The second-order valence-electron chi connectivity index (χ2n) is 5.65. The molecule has 0 aliphatic heterocycles. The molecule has 0 N–H and O–H groups in total. The predicted molar refractivity (Wildman–Crippen MR) is 98.0 cm³/mol. The van der Waals surface area contributed by atoms with Crippen LogP contribution in [0.25, 0.3) is 11.5 Å². The maximum Gasteiger partial charge on any atom is 0.249 e. The summed E-state index contributed by atoms with van der Waals surface area (Å²) in [5, 5.41) is 8.66. The maximum atomic E-state index is 12.4. The summed E-state index contributed by atoms with van der Waals surface area (Å²) in [5.74, 6) is 2.31. The molecule has 0 atom stereocenters. The Labute approximate surface area is 151 Å². The largest absolute Gasteiger partial charge is 0.419 e. The molecule has 1 amide bonds. The van der Waals surface area contributed by atoms with Crippen molar-refractivity contribution >= 4 is 29.3 Å². The van der Waals surface area contributed by atoms with Crippen molar-refractivity contribution < 1.29 is 9.21 Å². The van der Waals surface area contributed by atoms with E-state index in [1.165, 1.54) is 0 Å². The lowest BCUT2D eigenvalue weighted by Crippen LogP contribution is -2.37. The van der Waals surface area contributed by atoms with Crippen molar-refractivity contribution in [1.82, 2.24) is 15.1 Å². The van der Waals surface area contributed by atoms with Crippen LogP contribution >= 0.6 is 23.4 Å². The van der Waals surface area contributed by atoms with Crippen LogP contribution in [-0.4, -0.2) is 38.6 Å². The van der Waals surface area contributed by atoms with Gasteiger partial charge in [0.25, 0.3) is 0 Å². The van der Waals surface area contributed by atoms with E-state index >= 15 is 0 Å². The van der Waals surface area contributed by atoms with Gasteiger partial charge in [-0.15, -0.1) is 10.2 Å². The highest BCUT2D eigenvalue weighted by molar-refractivity contribution is 7.99. The number of thioether (sulfide) groups is 1. The number of halogens is 1. The summed E-state index contributed by atoms with van der Waals surface area (Å²) in [7, 11) is 0. The van der Waals surface area contributed by atoms with Gasteiger partial charge in [-0.25, -0.2) is 0 Å². The van der Waals surface area contributed by atoms with E-state index in [0.29, 0.717) is 34.7 Å². The van der Waals surface area contributed by atoms with Gasteiger partial charge in [-0.1, -0.05) is 30.7 Å². The Morgan fingerprint density at radius 2 is 2.08 bits per heavy atom. The van der Waals surface area contributed by atoms with Gasteiger partial charge in [-0.2, -0.15) is 11.8 Å². The zero-order valence-electron chi connectivity index (χ0n) is 14.2. The van der Waals surface area contributed by atoms with E-state index in [2.05, 4.69) is 17.1 Å². The van der Waals surface area contributed by atoms with Crippen LogP contribution < -0.4 is 0 Å². The fraction of sp³-hybridized carbons (Fsp3) is 0.471. The van der Waals surface area contributed by atoms with Gasteiger partial charge in [0, 0.05) is 6.04 Å². The van der Waals surface area contributed by atoms with Crippen LogP contribution in [0, 0.1) is 0 Å². The highest BCUT2D eigenvalue weighted by atomic mass is 35.5. The fourth-order valence-corrected chi connectivity index (χ4v) is 3.14. The lowest BCUT2D eigenvalue weighted by atomic mass is 10.2. The first kappa shape index (κ1) is 18.8. The molecule has 1 aromatic heterocycles. The zero-order chi connectivity index (χ0) is 17.5. The van der Waals surface area contributed by atoms with E-state index in [9.17, 15) is 4.79 Å². The van der Waals surface area contributed by atoms with Crippen molar-refractivity contribution in [3.05, 3.63) is 35.2 Å². The molecule has 0 saturated heterocycles. The lowest BCUT2D eigenvalue weighted by Gasteiger charge is -2.25. The average molecular weight is 368 g/mol. The number of amides is 1. The Morgan fingerprint density at radius 3 is 2.75 bits per heavy atom. The second kappa shape index (κ2) is 9.08. The van der Waals surface area contributed by atoms with Crippen LogP contribution in [0.1, 0.15) is 33.1 Å². The third-order valence-corrected chi connectivity index (χ3v) is 4.87. The van der Waals surface area contributed by atoms with Gasteiger partial charge in [-0.3, -0.25) is 4.79 Å². The van der Waals surface area contributed by atoms with Crippen molar-refractivity contribution in [2.24, 2.45) is 0 Å². The normalized spacial score (nSPS) is 11.0. The van der Waals surface area contributed by atoms with Crippen LogP contribution in [0.15, 0.2) is 28.7 Å². The molecule has 2 rings (SSSR count). The summed E-state index contributed by atoms with van der Waals surface area (Å²) in [4.78, 5) is 14.1. The molecule has 1 heterocycles. The molecule has 0 bridgehead atoms. The van der Waals surface area contributed by atoms with Gasteiger partial charge in [0.1, 0.15) is 0 Å². The third-order valence-electron chi connectivity index (χ3n) is 3.39. The van der Waals surface area contributed by atoms with Gasteiger partial charge in [0.15, 0.2) is 0 Å². The molecule has 130 valence electrons. The Kier molecular flexibility index (Phi) is 7.12. The first-order chi connectivity index (χ1) is 11.5. The SMILES string of the molecule is CCCSCC(=O)N(Cc1nnc(-c2ccccc2Cl)o1)C(C)C. The third kappa shape index (κ3) is 4.98. The highest BCUT2D eigenvalue weighted by Gasteiger charge is 2.20. The van der Waals surface area contributed by atoms with Crippen LogP contribution in [-0.2, 0) is 11.3 Å². The standard InChI is InChI=1S/C17H22ClN3O2S/c1-4-9-24-11-16(22)21(12(2)3)10-15-19-20-17(23-15)13-7-5-6-8-14(13)18/h5-8,12H,4,9-11H2,1-3H3. The molecule has 24 heavy (non-hydrogen) atoms. The summed E-state index contributed by atoms with van der Waals surface area (Å²) in [6.07, 6.45) is 1.06. The minimum atomic E-state index is 0.0652. The van der Waals surface area contributed by atoms with E-state index in [4.69, 9.17) is 16.0 Å². The Bertz CT molecular complexity index is 675. The van der Waals surface area contributed by atoms with Crippen molar-refractivity contribution in [3.63, 3.8) is 0 Å². The summed E-state index contributed by atoms with van der Waals surface area (Å²) in [6.45, 7) is 6.37. The zero-order valence-corrected chi connectivity index (χ0v) is 15.7. The first-order valence-corrected chi connectivity index (χ1v) is 9.50. The maximum absolute atomic E-state index is 12.4. The van der Waals surface area contributed by atoms with Gasteiger partial charge in [0.2, 0.25) is 17.7 Å². The van der Waals surface area contributed by atoms with E-state index in [0.717, 1.165) is 12.2 Å². The first-order valence-electron chi connectivity index (χ1n) is 7.97. The minimum Gasteiger partial charge on any atom is -0.419 e. The Morgan fingerprint density at radius 1 is 1.33 bits per heavy atom. The lowest BCUT2D eigenvalue weighted by molar-refractivity contribution is -0.131. The number of nitrogens with zero attached hydrogens (tertiary/aromatic N) is 3. The van der Waals surface area contributed by atoms with Gasteiger partial charge >= 0.3 is 0 Å². The Balaban J connectivity index is 2.08. The molecule has 0 fully saturated rings. The fourth-order valence-electron chi connectivity index (χ4n) is 2.15. The Hall–Kier alpha value is -1.53. The van der Waals surface area contributed by atoms with Crippen LogP contribution in [0.2, 0.25) is 5.02 Å². The number of carbonyl (C=O) groups is 1. The molecular weight excluding hydrogens is 346 g/mol. The summed E-state index contributed by atoms with van der Waals surface area (Å²) in [6, 6.07) is 7.37. The molecule has 0 radical (unpaired) electrons. The van der Waals surface area contributed by atoms with Gasteiger partial charge < -0.3 is 9.32 Å². The number of rotatable bonds is 8. The van der Waals surface area contributed by atoms with Crippen LogP contribution in [0.5, 0.6) is 0 Å². The van der Waals surface area contributed by atoms with Gasteiger partial charge in [-0.05, 0) is 38.2 Å². The highest BCUT2D eigenvalue weighted by Crippen LogP contribution is 2.26. The molecule has 0 aliphatic rings. The summed E-state index contributed by atoms with van der Waals surface area (Å²) < 4.78 is 5.70. The van der Waals surface area contributed by atoms with E-state index in [1.807, 2.05) is 32.0 Å². The van der Waals surface area contributed by atoms with Crippen LogP contribution in [0.3, 0.4) is 0 Å². The topological polar surface area (TPSA) is 59.2 Å². The minimum absolute atomic E-state index is 0.0652. The van der Waals surface area contributed by atoms with Crippen molar-refractivity contribution in [1.29, 1.82) is 0 Å². The molecule has 7 heteroatoms. The van der Waals surface area contributed by atoms with Crippen LogP contribution in [0.4, 0.5) is 0 Å². The molecule has 0 aliphatic carbocycles. The van der Waals surface area contributed by atoms with E-state index in [-0.39, 0.29) is 11.9 Å². The predicted octanol–water partition coefficient (Wildman–Crippen LogP) is 4.27. The average Bonchev–Trinajstić information content (AvgIpc) is 3.01. The second-order valence-corrected chi connectivity index (χ2v) is 7.16. The van der Waals surface area contributed by atoms with Gasteiger partial charge in [0.05, 0.1) is 22.9 Å². The molecule has 0 spiro atoms. The molecule has 0 unspecified atom stereocenters. The number of hydrogen-bond donors (Lipinski definition) is 0. The van der Waals surface area contributed by atoms with Crippen molar-refractivity contribution in [2.45, 2.75) is 39.8 Å². The quantitative estimate of drug-likeness (QED) is 0.652.